The number of benzene rings is 4. The Kier molecular flexibility index (Phi) is 22.9. The lowest BCUT2D eigenvalue weighted by molar-refractivity contribution is -0.141. The van der Waals surface area contributed by atoms with Crippen molar-refractivity contribution in [1.29, 1.82) is 0 Å². The number of nitrogens with zero attached hydrogens (tertiary/aromatic N) is 2. The van der Waals surface area contributed by atoms with Gasteiger partial charge in [0.25, 0.3) is 0 Å². The minimum Gasteiger partial charge on any atom is -0.478 e. The molecule has 0 aromatic heterocycles. The lowest BCUT2D eigenvalue weighted by Crippen LogP contribution is -2.61. The molecule has 0 unspecified atom stereocenters. The van der Waals surface area contributed by atoms with E-state index in [0.29, 0.717) is 41.9 Å². The van der Waals surface area contributed by atoms with Gasteiger partial charge in [-0.1, -0.05) is 147 Å². The molecule has 0 fully saturated rings. The van der Waals surface area contributed by atoms with Crippen molar-refractivity contribution >= 4 is 76.7 Å². The average molecular weight is 1130 g/mol. The van der Waals surface area contributed by atoms with Crippen molar-refractivity contribution < 1.29 is 48.2 Å². The molecule has 440 valence electrons. The Morgan fingerprint density at radius 2 is 1.33 bits per heavy atom. The first-order valence-corrected chi connectivity index (χ1v) is 28.0. The number of nitrogens with one attached hydrogen (secondary N) is 6. The first-order valence-electron chi connectivity index (χ1n) is 28.0. The first kappa shape index (κ1) is 64.7. The van der Waals surface area contributed by atoms with Crippen LogP contribution in [-0.2, 0) is 56.9 Å². The van der Waals surface area contributed by atoms with Gasteiger partial charge in [0.05, 0.1) is 24.3 Å². The average Bonchev–Trinajstić information content (AvgIpc) is 3.49. The van der Waals surface area contributed by atoms with Crippen molar-refractivity contribution in [2.75, 3.05) is 29.6 Å². The molecule has 4 aromatic carbocycles. The Hall–Kier alpha value is -8.12. The summed E-state index contributed by atoms with van der Waals surface area (Å²) in [5.74, 6) is -3.65. The summed E-state index contributed by atoms with van der Waals surface area (Å²) in [6, 6.07) is 25.2. The highest BCUT2D eigenvalue weighted by Gasteiger charge is 2.42. The van der Waals surface area contributed by atoms with E-state index in [1.165, 1.54) is 11.8 Å². The monoisotopic (exact) mass is 1120 g/mol. The Balaban J connectivity index is 1.08. The van der Waals surface area contributed by atoms with Gasteiger partial charge < -0.3 is 46.2 Å². The molecule has 1 aliphatic rings. The molecule has 0 saturated carbocycles. The number of carbonyl (C=O) groups is 8. The molecule has 4 aromatic rings. The summed E-state index contributed by atoms with van der Waals surface area (Å²) >= 11 is 0. The highest BCUT2D eigenvalue weighted by molar-refractivity contribution is 5.99. The van der Waals surface area contributed by atoms with Crippen LogP contribution in [-0.4, -0.2) is 102 Å². The topological polar surface area (TPSA) is 245 Å². The number of likely N-dealkylation sites (N-methyl/N-ethyl adjacent to an activating group) is 2. The minimum absolute atomic E-state index is 0.0433. The van der Waals surface area contributed by atoms with Crippen LogP contribution in [0.4, 0.5) is 21.9 Å². The van der Waals surface area contributed by atoms with Crippen molar-refractivity contribution in [3.63, 3.8) is 0 Å². The predicted octanol–water partition coefficient (Wildman–Crippen LogP) is 9.21. The number of hydrogen-bond donors (Lipinski definition) is 7. The van der Waals surface area contributed by atoms with Gasteiger partial charge in [-0.05, 0) is 109 Å². The minimum atomic E-state index is -1.08. The number of ether oxygens (including phenoxy) is 1. The highest BCUT2D eigenvalue weighted by atomic mass is 16.5. The Bertz CT molecular complexity index is 3000. The maximum absolute atomic E-state index is 14.2. The van der Waals surface area contributed by atoms with Gasteiger partial charge in [0.15, 0.2) is 0 Å². The number of rotatable bonds is 24. The highest BCUT2D eigenvalue weighted by Crippen LogP contribution is 2.32. The molecule has 0 saturated heterocycles. The fraction of sp³-hybridized carbons (Fsp3) is 0.438. The van der Waals surface area contributed by atoms with E-state index in [0.717, 1.165) is 22.4 Å². The summed E-state index contributed by atoms with van der Waals surface area (Å²) in [6.45, 7) is 20.0. The standard InChI is InChI=1S/C64H84N8O10/c1-39(2)51(35-41(5)61(79)80)71(13)60(78)56(63(7,8)9)70-59(77)55(65-12)64(10,11)47-24-20-25-49(36-47)68-62(81)82-38-43-29-33-48(34-30-43)67-57(75)42(6)66-58(76)54(40(3)4)69-52(73)27-18-19-28-53(74)72-37-46-23-15-14-21-44(46)31-32-45-22-16-17-26-50(45)72/h14-17,20-26,29-36,39-40,42,51,54-56,65H,18-19,27-28,37-38H2,1-13H3,(H,66,76)(H,67,75)(H,68,81)(H,69,73)(H,70,77)(H,79,80)/b32-31?,41-35+/t42-,51+,54-,55-,56+/m0/s1. The van der Waals surface area contributed by atoms with Gasteiger partial charge in [0.1, 0.15) is 24.7 Å². The molecule has 18 nitrogen and oxygen atoms in total. The number of fused-ring (bicyclic) bond motifs is 2. The SMILES string of the molecule is CN[C@@H](C(=O)N[C@H](C(=O)N(C)[C@H](/C=C(\C)C(=O)O)C(C)C)C(C)(C)C)C(C)(C)c1cccc(NC(=O)OCc2ccc(NC(=O)[C@H](C)NC(=O)[C@@H](NC(=O)CCCCC(=O)N3Cc4ccccc4C=Cc4ccccc43)C(C)C)cc2)c1. The molecule has 82 heavy (non-hydrogen) atoms. The number of hydrogen-bond acceptors (Lipinski definition) is 10. The van der Waals surface area contributed by atoms with E-state index in [9.17, 15) is 43.5 Å². The second-order valence-electron chi connectivity index (χ2n) is 23.4. The molecular weight excluding hydrogens is 1040 g/mol. The summed E-state index contributed by atoms with van der Waals surface area (Å²) in [4.78, 5) is 110. The largest absolute Gasteiger partial charge is 0.478 e. The molecule has 0 aliphatic carbocycles. The van der Waals surface area contributed by atoms with E-state index in [-0.39, 0.29) is 54.6 Å². The van der Waals surface area contributed by atoms with Crippen molar-refractivity contribution in [2.45, 2.75) is 151 Å². The van der Waals surface area contributed by atoms with E-state index < -0.39 is 70.8 Å². The number of para-hydroxylation sites is 1. The molecule has 7 N–H and O–H groups in total. The van der Waals surface area contributed by atoms with Gasteiger partial charge in [-0.15, -0.1) is 0 Å². The fourth-order valence-electron chi connectivity index (χ4n) is 9.74. The van der Waals surface area contributed by atoms with Crippen LogP contribution >= 0.6 is 0 Å². The van der Waals surface area contributed by atoms with Crippen molar-refractivity contribution in [2.24, 2.45) is 17.3 Å². The van der Waals surface area contributed by atoms with Crippen LogP contribution in [0.25, 0.3) is 12.2 Å². The molecule has 5 atom stereocenters. The molecule has 1 aliphatic heterocycles. The van der Waals surface area contributed by atoms with Crippen molar-refractivity contribution in [3.05, 3.63) is 137 Å². The normalized spacial score (nSPS) is 14.3. The molecule has 0 bridgehead atoms. The zero-order valence-corrected chi connectivity index (χ0v) is 49.8. The van der Waals surface area contributed by atoms with Crippen LogP contribution in [0, 0.1) is 17.3 Å². The van der Waals surface area contributed by atoms with Crippen LogP contribution in [0.3, 0.4) is 0 Å². The number of carboxylic acid groups (broad SMARTS) is 1. The first-order chi connectivity index (χ1) is 38.6. The third kappa shape index (κ3) is 17.7. The third-order valence-electron chi connectivity index (χ3n) is 14.8. The third-order valence-corrected chi connectivity index (χ3v) is 14.8. The van der Waals surface area contributed by atoms with Gasteiger partial charge >= 0.3 is 12.1 Å². The van der Waals surface area contributed by atoms with E-state index in [1.807, 2.05) is 109 Å². The summed E-state index contributed by atoms with van der Waals surface area (Å²) in [7, 11) is 3.26. The quantitative estimate of drug-likeness (QED) is 0.0258. The van der Waals surface area contributed by atoms with Gasteiger partial charge in [0.2, 0.25) is 35.4 Å². The Morgan fingerprint density at radius 3 is 1.96 bits per heavy atom. The second-order valence-corrected chi connectivity index (χ2v) is 23.4. The number of unbranched alkanes of at least 4 members (excludes halogenated alkanes) is 1. The van der Waals surface area contributed by atoms with Crippen LogP contribution in [0.15, 0.2) is 109 Å². The van der Waals surface area contributed by atoms with Crippen LogP contribution < -0.4 is 36.8 Å². The zero-order valence-electron chi connectivity index (χ0n) is 49.8. The summed E-state index contributed by atoms with van der Waals surface area (Å²) in [6.07, 6.45) is 6.18. The molecule has 18 heteroatoms. The van der Waals surface area contributed by atoms with E-state index in [4.69, 9.17) is 4.74 Å². The van der Waals surface area contributed by atoms with Gasteiger partial charge in [-0.3, -0.25) is 34.1 Å². The van der Waals surface area contributed by atoms with Crippen LogP contribution in [0.2, 0.25) is 0 Å². The molecular formula is C64H84N8O10. The molecule has 0 spiro atoms. The van der Waals surface area contributed by atoms with E-state index >= 15 is 0 Å². The second kappa shape index (κ2) is 29.0. The Morgan fingerprint density at radius 1 is 0.695 bits per heavy atom. The molecule has 1 heterocycles. The predicted molar refractivity (Wildman–Crippen MR) is 321 cm³/mol. The van der Waals surface area contributed by atoms with Crippen LogP contribution in [0.5, 0.6) is 0 Å². The van der Waals surface area contributed by atoms with Crippen molar-refractivity contribution in [1.82, 2.24) is 26.2 Å². The number of anilines is 3. The molecule has 0 radical (unpaired) electrons. The zero-order chi connectivity index (χ0) is 60.6. The van der Waals surface area contributed by atoms with Crippen molar-refractivity contribution in [3.8, 4) is 0 Å². The molecule has 7 amide bonds. The summed E-state index contributed by atoms with van der Waals surface area (Å²) in [5, 5.41) is 26.7. The maximum Gasteiger partial charge on any atom is 0.411 e. The van der Waals surface area contributed by atoms with Gasteiger partial charge in [-0.2, -0.15) is 0 Å². The van der Waals surface area contributed by atoms with Crippen LogP contribution in [0.1, 0.15) is 130 Å². The van der Waals surface area contributed by atoms with Gasteiger partial charge in [0, 0.05) is 42.3 Å². The lowest BCUT2D eigenvalue weighted by atomic mass is 9.76. The summed E-state index contributed by atoms with van der Waals surface area (Å²) < 4.78 is 5.53. The number of carbonyl (C=O) groups excluding carboxylic acids is 7. The van der Waals surface area contributed by atoms with E-state index in [1.54, 1.807) is 88.3 Å². The summed E-state index contributed by atoms with van der Waals surface area (Å²) in [5.41, 5.74) is 4.56. The maximum atomic E-state index is 14.2. The number of aliphatic carboxylic acids is 1. The number of carboxylic acids is 1. The fourth-order valence-corrected chi connectivity index (χ4v) is 9.74. The number of amides is 7. The van der Waals surface area contributed by atoms with Gasteiger partial charge in [-0.25, -0.2) is 9.59 Å². The molecule has 5 rings (SSSR count). The Labute approximate surface area is 483 Å². The smallest absolute Gasteiger partial charge is 0.411 e. The lowest BCUT2D eigenvalue weighted by Gasteiger charge is -2.40. The van der Waals surface area contributed by atoms with E-state index in [2.05, 4.69) is 38.0 Å².